The zero-order valence-electron chi connectivity index (χ0n) is 11.1. The van der Waals surface area contributed by atoms with Gasteiger partial charge in [0.1, 0.15) is 0 Å². The van der Waals surface area contributed by atoms with E-state index < -0.39 is 0 Å². The summed E-state index contributed by atoms with van der Waals surface area (Å²) >= 11 is 5.79. The Labute approximate surface area is 118 Å². The van der Waals surface area contributed by atoms with E-state index >= 15 is 0 Å². The summed E-state index contributed by atoms with van der Waals surface area (Å²) in [7, 11) is 1.69. The molecule has 0 aliphatic carbocycles. The molecular weight excluding hydrogens is 266 g/mol. The molecule has 1 rings (SSSR count). The second-order valence-electron chi connectivity index (χ2n) is 4.13. The molecule has 0 atom stereocenters. The van der Waals surface area contributed by atoms with E-state index in [4.69, 9.17) is 11.6 Å². The van der Waals surface area contributed by atoms with Crippen molar-refractivity contribution in [2.45, 2.75) is 13.5 Å². The molecule has 1 aromatic rings. The number of nitrogens with zero attached hydrogens (tertiary/aromatic N) is 2. The van der Waals surface area contributed by atoms with Crippen LogP contribution in [0.2, 0.25) is 5.02 Å². The average molecular weight is 284 g/mol. The van der Waals surface area contributed by atoms with E-state index in [0.717, 1.165) is 5.56 Å². The number of amides is 3. The number of carbonyl (C=O) groups excluding carboxylic acids is 2. The molecule has 1 aromatic carbocycles. The van der Waals surface area contributed by atoms with Gasteiger partial charge in [-0.25, -0.2) is 4.79 Å². The van der Waals surface area contributed by atoms with Gasteiger partial charge >= 0.3 is 6.03 Å². The van der Waals surface area contributed by atoms with Crippen LogP contribution in [0.25, 0.3) is 0 Å². The van der Waals surface area contributed by atoms with Crippen LogP contribution in [0.15, 0.2) is 24.3 Å². The minimum absolute atomic E-state index is 0.176. The summed E-state index contributed by atoms with van der Waals surface area (Å²) in [6.07, 6.45) is 0.709. The van der Waals surface area contributed by atoms with Crippen molar-refractivity contribution >= 4 is 24.0 Å². The molecule has 19 heavy (non-hydrogen) atoms. The van der Waals surface area contributed by atoms with Crippen LogP contribution in [0.3, 0.4) is 0 Å². The molecule has 5 nitrogen and oxygen atoms in total. The van der Waals surface area contributed by atoms with Crippen molar-refractivity contribution in [2.24, 2.45) is 0 Å². The lowest BCUT2D eigenvalue weighted by atomic mass is 10.2. The first-order valence-electron chi connectivity index (χ1n) is 5.99. The predicted octanol–water partition coefficient (Wildman–Crippen LogP) is 1.92. The molecule has 0 unspecified atom stereocenters. The first-order chi connectivity index (χ1) is 9.06. The summed E-state index contributed by atoms with van der Waals surface area (Å²) in [5.74, 6) is 0. The summed E-state index contributed by atoms with van der Waals surface area (Å²) in [5, 5.41) is 3.32. The van der Waals surface area contributed by atoms with Crippen LogP contribution in [-0.4, -0.2) is 42.5 Å². The van der Waals surface area contributed by atoms with Gasteiger partial charge in [-0.05, 0) is 24.6 Å². The van der Waals surface area contributed by atoms with Crippen LogP contribution < -0.4 is 5.32 Å². The Morgan fingerprint density at radius 3 is 2.53 bits per heavy atom. The summed E-state index contributed by atoms with van der Waals surface area (Å²) in [6, 6.07) is 7.02. The highest BCUT2D eigenvalue weighted by atomic mass is 35.5. The van der Waals surface area contributed by atoms with Gasteiger partial charge in [-0.3, -0.25) is 4.79 Å². The third-order valence-corrected chi connectivity index (χ3v) is 2.95. The number of urea groups is 1. The highest BCUT2D eigenvalue weighted by Crippen LogP contribution is 2.10. The number of carbonyl (C=O) groups is 2. The number of hydrogen-bond acceptors (Lipinski definition) is 2. The van der Waals surface area contributed by atoms with Crippen LogP contribution in [0.1, 0.15) is 12.5 Å². The fourth-order valence-corrected chi connectivity index (χ4v) is 1.53. The first kappa shape index (κ1) is 15.3. The van der Waals surface area contributed by atoms with Crippen LogP contribution in [0, 0.1) is 0 Å². The van der Waals surface area contributed by atoms with Crippen molar-refractivity contribution in [3.63, 3.8) is 0 Å². The van der Waals surface area contributed by atoms with Crippen LogP contribution >= 0.6 is 11.6 Å². The van der Waals surface area contributed by atoms with Crippen LogP contribution in [0.4, 0.5) is 4.79 Å². The van der Waals surface area contributed by atoms with E-state index in [2.05, 4.69) is 5.32 Å². The molecule has 0 aromatic heterocycles. The van der Waals surface area contributed by atoms with E-state index in [9.17, 15) is 9.59 Å². The van der Waals surface area contributed by atoms with E-state index in [0.29, 0.717) is 24.5 Å². The predicted molar refractivity (Wildman–Crippen MR) is 74.8 cm³/mol. The van der Waals surface area contributed by atoms with E-state index in [1.54, 1.807) is 19.2 Å². The fraction of sp³-hybridized carbons (Fsp3) is 0.385. The quantitative estimate of drug-likeness (QED) is 0.640. The van der Waals surface area contributed by atoms with Gasteiger partial charge in [-0.1, -0.05) is 23.7 Å². The Morgan fingerprint density at radius 2 is 2.00 bits per heavy atom. The SMILES string of the molecule is CCN(C)C(=O)NCN(C=O)Cc1ccc(Cl)cc1. The number of rotatable bonds is 6. The zero-order chi connectivity index (χ0) is 14.3. The molecule has 104 valence electrons. The summed E-state index contributed by atoms with van der Waals surface area (Å²) < 4.78 is 0. The van der Waals surface area contributed by atoms with Crippen molar-refractivity contribution in [2.75, 3.05) is 20.3 Å². The van der Waals surface area contributed by atoms with Crippen molar-refractivity contribution in [1.29, 1.82) is 0 Å². The number of halogens is 1. The lowest BCUT2D eigenvalue weighted by Crippen LogP contribution is -2.42. The third kappa shape index (κ3) is 5.18. The smallest absolute Gasteiger partial charge is 0.318 e. The molecule has 0 saturated heterocycles. The molecule has 1 N–H and O–H groups in total. The Bertz CT molecular complexity index is 422. The molecular formula is C13H18ClN3O2. The van der Waals surface area contributed by atoms with Gasteiger partial charge in [0.05, 0.1) is 6.67 Å². The summed E-state index contributed by atoms with van der Waals surface area (Å²) in [4.78, 5) is 25.5. The third-order valence-electron chi connectivity index (χ3n) is 2.70. The highest BCUT2D eigenvalue weighted by Gasteiger charge is 2.08. The molecule has 0 spiro atoms. The average Bonchev–Trinajstić information content (AvgIpc) is 2.44. The summed E-state index contributed by atoms with van der Waals surface area (Å²) in [5.41, 5.74) is 0.953. The zero-order valence-corrected chi connectivity index (χ0v) is 11.9. The van der Waals surface area contributed by atoms with E-state index in [-0.39, 0.29) is 12.7 Å². The molecule has 0 aliphatic heterocycles. The van der Waals surface area contributed by atoms with Gasteiger partial charge in [-0.15, -0.1) is 0 Å². The molecule has 0 saturated carbocycles. The second-order valence-corrected chi connectivity index (χ2v) is 4.57. The first-order valence-corrected chi connectivity index (χ1v) is 6.37. The number of hydrogen-bond donors (Lipinski definition) is 1. The van der Waals surface area contributed by atoms with E-state index in [1.165, 1.54) is 9.80 Å². The molecule has 0 heterocycles. The second kappa shape index (κ2) is 7.63. The largest absolute Gasteiger partial charge is 0.328 e. The molecule has 0 fully saturated rings. The molecule has 0 aliphatic rings. The molecule has 6 heteroatoms. The normalized spacial score (nSPS) is 9.84. The van der Waals surface area contributed by atoms with Crippen molar-refractivity contribution in [3.05, 3.63) is 34.9 Å². The Balaban J connectivity index is 2.48. The maximum absolute atomic E-state index is 11.5. The van der Waals surface area contributed by atoms with Crippen LogP contribution in [-0.2, 0) is 11.3 Å². The molecule has 0 radical (unpaired) electrons. The van der Waals surface area contributed by atoms with Gasteiger partial charge in [0, 0.05) is 25.2 Å². The van der Waals surface area contributed by atoms with Gasteiger partial charge in [-0.2, -0.15) is 0 Å². The maximum atomic E-state index is 11.5. The lowest BCUT2D eigenvalue weighted by molar-refractivity contribution is -0.118. The standard InChI is InChI=1S/C13H18ClN3O2/c1-3-16(2)13(19)15-9-17(10-18)8-11-4-6-12(14)7-5-11/h4-7,10H,3,8-9H2,1-2H3,(H,15,19). The topological polar surface area (TPSA) is 52.7 Å². The van der Waals surface area contributed by atoms with Crippen LogP contribution in [0.5, 0.6) is 0 Å². The van der Waals surface area contributed by atoms with E-state index in [1.807, 2.05) is 19.1 Å². The monoisotopic (exact) mass is 283 g/mol. The minimum atomic E-state index is -0.203. The molecule has 0 bridgehead atoms. The Morgan fingerprint density at radius 1 is 1.37 bits per heavy atom. The Kier molecular flexibility index (Phi) is 6.15. The van der Waals surface area contributed by atoms with Crippen molar-refractivity contribution in [1.82, 2.24) is 15.1 Å². The summed E-state index contributed by atoms with van der Waals surface area (Å²) in [6.45, 7) is 3.10. The van der Waals surface area contributed by atoms with Gasteiger partial charge in [0.15, 0.2) is 0 Å². The Hall–Kier alpha value is -1.75. The fourth-order valence-electron chi connectivity index (χ4n) is 1.40. The number of benzene rings is 1. The van der Waals surface area contributed by atoms with Crippen molar-refractivity contribution < 1.29 is 9.59 Å². The maximum Gasteiger partial charge on any atom is 0.318 e. The van der Waals surface area contributed by atoms with Crippen molar-refractivity contribution in [3.8, 4) is 0 Å². The minimum Gasteiger partial charge on any atom is -0.328 e. The van der Waals surface area contributed by atoms with Gasteiger partial charge in [0.2, 0.25) is 6.41 Å². The van der Waals surface area contributed by atoms with Gasteiger partial charge < -0.3 is 15.1 Å². The number of nitrogens with one attached hydrogen (secondary N) is 1. The molecule has 3 amide bonds. The lowest BCUT2D eigenvalue weighted by Gasteiger charge is -2.21. The highest BCUT2D eigenvalue weighted by molar-refractivity contribution is 6.30. The van der Waals surface area contributed by atoms with Gasteiger partial charge in [0.25, 0.3) is 0 Å².